The second-order valence-electron chi connectivity index (χ2n) is 4.66. The maximum Gasteiger partial charge on any atom is 0.341 e. The van der Waals surface area contributed by atoms with Crippen molar-refractivity contribution in [2.45, 2.75) is 20.0 Å². The maximum absolute atomic E-state index is 12.0. The molecule has 0 radical (unpaired) electrons. The van der Waals surface area contributed by atoms with Crippen molar-refractivity contribution in [3.05, 3.63) is 28.8 Å². The van der Waals surface area contributed by atoms with Crippen LogP contribution in [-0.4, -0.2) is 24.0 Å². The lowest BCUT2D eigenvalue weighted by Crippen LogP contribution is -2.45. The fourth-order valence-corrected chi connectivity index (χ4v) is 1.76. The van der Waals surface area contributed by atoms with E-state index in [-0.39, 0.29) is 17.2 Å². The minimum absolute atomic E-state index is 0.0805. The lowest BCUT2D eigenvalue weighted by Gasteiger charge is -2.20. The molecule has 114 valence electrons. The number of hydrogen-bond donors (Lipinski definition) is 3. The zero-order valence-electron chi connectivity index (χ0n) is 11.6. The third-order valence-corrected chi connectivity index (χ3v) is 2.81. The van der Waals surface area contributed by atoms with Crippen LogP contribution in [0.25, 0.3) is 0 Å². The van der Waals surface area contributed by atoms with Crippen LogP contribution in [-0.2, 0) is 9.53 Å². The highest BCUT2D eigenvalue weighted by molar-refractivity contribution is 6.31. The Bertz CT molecular complexity index is 575. The number of rotatable bonds is 4. The van der Waals surface area contributed by atoms with Crippen LogP contribution in [0.2, 0.25) is 5.02 Å². The number of ether oxygens (including phenoxy) is 1. The highest BCUT2D eigenvalue weighted by Gasteiger charge is 2.28. The number of carbonyl (C=O) groups is 3. The van der Waals surface area contributed by atoms with Crippen molar-refractivity contribution < 1.29 is 19.1 Å². The Morgan fingerprint density at radius 1 is 1.29 bits per heavy atom. The monoisotopic (exact) mass is 313 g/mol. The van der Waals surface area contributed by atoms with Crippen LogP contribution in [0.3, 0.4) is 0 Å². The number of benzene rings is 1. The highest BCUT2D eigenvalue weighted by Crippen LogP contribution is 2.20. The normalized spacial score (nSPS) is 11.8. The summed E-state index contributed by atoms with van der Waals surface area (Å²) in [6.07, 6.45) is -1.17. The minimum Gasteiger partial charge on any atom is -0.448 e. The summed E-state index contributed by atoms with van der Waals surface area (Å²) in [5.74, 6) is -1.94. The number of halogens is 1. The number of amides is 3. The Morgan fingerprint density at radius 3 is 2.38 bits per heavy atom. The molecule has 0 heterocycles. The molecule has 1 rings (SSSR count). The van der Waals surface area contributed by atoms with Crippen molar-refractivity contribution in [3.63, 3.8) is 0 Å². The Labute approximate surface area is 126 Å². The molecule has 0 bridgehead atoms. The smallest absolute Gasteiger partial charge is 0.341 e. The quantitative estimate of drug-likeness (QED) is 0.570. The number of anilines is 1. The molecule has 0 saturated carbocycles. The molecule has 21 heavy (non-hydrogen) atoms. The van der Waals surface area contributed by atoms with Crippen molar-refractivity contribution in [1.29, 1.82) is 0 Å². The van der Waals surface area contributed by atoms with Crippen molar-refractivity contribution in [2.75, 3.05) is 5.73 Å². The number of hydrogen-bond acceptors (Lipinski definition) is 5. The molecule has 0 spiro atoms. The van der Waals surface area contributed by atoms with Gasteiger partial charge in [0, 0.05) is 10.7 Å². The van der Waals surface area contributed by atoms with E-state index >= 15 is 0 Å². The molecule has 0 aliphatic carbocycles. The number of nitrogens with one attached hydrogen (secondary N) is 1. The van der Waals surface area contributed by atoms with Crippen LogP contribution in [0.4, 0.5) is 10.5 Å². The molecule has 5 N–H and O–H groups in total. The van der Waals surface area contributed by atoms with Crippen LogP contribution in [0.1, 0.15) is 24.2 Å². The zero-order chi connectivity index (χ0) is 16.2. The first-order chi connectivity index (χ1) is 9.72. The van der Waals surface area contributed by atoms with Gasteiger partial charge in [-0.1, -0.05) is 25.4 Å². The van der Waals surface area contributed by atoms with Gasteiger partial charge in [-0.2, -0.15) is 0 Å². The lowest BCUT2D eigenvalue weighted by molar-refractivity contribution is -0.130. The van der Waals surface area contributed by atoms with Gasteiger partial charge in [-0.15, -0.1) is 0 Å². The van der Waals surface area contributed by atoms with Crippen molar-refractivity contribution in [2.24, 2.45) is 11.7 Å². The Balaban J connectivity index is 2.91. The summed E-state index contributed by atoms with van der Waals surface area (Å²) in [4.78, 5) is 34.5. The molecule has 8 heteroatoms. The van der Waals surface area contributed by atoms with E-state index in [0.29, 0.717) is 5.02 Å². The van der Waals surface area contributed by atoms with Crippen molar-refractivity contribution in [3.8, 4) is 0 Å². The van der Waals surface area contributed by atoms with Gasteiger partial charge in [0.05, 0.1) is 5.56 Å². The zero-order valence-corrected chi connectivity index (χ0v) is 12.3. The van der Waals surface area contributed by atoms with Gasteiger partial charge in [0.15, 0.2) is 6.10 Å². The first-order valence-electron chi connectivity index (χ1n) is 6.08. The van der Waals surface area contributed by atoms with Crippen LogP contribution in [0.15, 0.2) is 18.2 Å². The molecular formula is C13H16ClN3O4. The van der Waals surface area contributed by atoms with Gasteiger partial charge in [0.25, 0.3) is 5.91 Å². The molecular weight excluding hydrogens is 298 g/mol. The number of nitrogens with two attached hydrogens (primary N) is 2. The summed E-state index contributed by atoms with van der Waals surface area (Å²) in [6.45, 7) is 3.31. The maximum atomic E-state index is 12.0. The fourth-order valence-electron chi connectivity index (χ4n) is 1.58. The number of nitrogen functional groups attached to an aromatic ring is 1. The molecule has 3 amide bonds. The van der Waals surface area contributed by atoms with Crippen molar-refractivity contribution >= 4 is 35.2 Å². The number of esters is 1. The van der Waals surface area contributed by atoms with Crippen molar-refractivity contribution in [1.82, 2.24) is 5.32 Å². The number of urea groups is 1. The van der Waals surface area contributed by atoms with Gasteiger partial charge in [0.2, 0.25) is 0 Å². The van der Waals surface area contributed by atoms with Gasteiger partial charge >= 0.3 is 12.0 Å². The van der Waals surface area contributed by atoms with E-state index in [1.54, 1.807) is 13.8 Å². The second kappa shape index (κ2) is 6.94. The molecule has 0 aliphatic heterocycles. The van der Waals surface area contributed by atoms with Crippen LogP contribution in [0, 0.1) is 5.92 Å². The van der Waals surface area contributed by atoms with Gasteiger partial charge < -0.3 is 16.2 Å². The summed E-state index contributed by atoms with van der Waals surface area (Å²) < 4.78 is 5.10. The average molecular weight is 314 g/mol. The first-order valence-corrected chi connectivity index (χ1v) is 6.46. The summed E-state index contributed by atoms with van der Waals surface area (Å²) in [5, 5.41) is 2.25. The van der Waals surface area contributed by atoms with E-state index < -0.39 is 24.0 Å². The number of imide groups is 1. The molecule has 0 aliphatic rings. The van der Waals surface area contributed by atoms with Gasteiger partial charge in [0.1, 0.15) is 0 Å². The Morgan fingerprint density at radius 2 is 1.90 bits per heavy atom. The third kappa shape index (κ3) is 4.64. The molecule has 0 aromatic heterocycles. The standard InChI is InChI=1S/C13H16ClN3O4/c1-6(2)10(11(18)17-13(16)20)21-12(19)8-4-3-7(14)5-9(8)15/h3-6,10H,15H2,1-2H3,(H3,16,17,18,20)/t10-/m1/s1. The second-order valence-corrected chi connectivity index (χ2v) is 5.09. The summed E-state index contributed by atoms with van der Waals surface area (Å²) in [5.41, 5.74) is 10.7. The molecule has 0 saturated heterocycles. The topological polar surface area (TPSA) is 125 Å². The average Bonchev–Trinajstić information content (AvgIpc) is 2.34. The number of primary amides is 1. The van der Waals surface area contributed by atoms with Gasteiger partial charge in [-0.25, -0.2) is 9.59 Å². The van der Waals surface area contributed by atoms with E-state index in [4.69, 9.17) is 27.8 Å². The van der Waals surface area contributed by atoms with E-state index in [1.807, 2.05) is 5.32 Å². The summed E-state index contributed by atoms with van der Waals surface area (Å²) in [7, 11) is 0. The molecule has 1 atom stereocenters. The number of carbonyl (C=O) groups excluding carboxylic acids is 3. The molecule has 1 aromatic rings. The van der Waals surface area contributed by atoms with E-state index in [9.17, 15) is 14.4 Å². The molecule has 1 aromatic carbocycles. The first kappa shape index (κ1) is 16.8. The molecule has 0 fully saturated rings. The van der Waals surface area contributed by atoms with Crippen LogP contribution >= 0.6 is 11.6 Å². The predicted molar refractivity (Wildman–Crippen MR) is 77.6 cm³/mol. The van der Waals surface area contributed by atoms with E-state index in [1.165, 1.54) is 18.2 Å². The largest absolute Gasteiger partial charge is 0.448 e. The van der Waals surface area contributed by atoms with Crippen LogP contribution in [0.5, 0.6) is 0 Å². The van der Waals surface area contributed by atoms with E-state index in [2.05, 4.69) is 0 Å². The van der Waals surface area contributed by atoms with E-state index in [0.717, 1.165) is 0 Å². The Hall–Kier alpha value is -2.28. The van der Waals surface area contributed by atoms with Crippen LogP contribution < -0.4 is 16.8 Å². The summed E-state index contributed by atoms with van der Waals surface area (Å²) >= 11 is 5.74. The summed E-state index contributed by atoms with van der Waals surface area (Å²) in [6, 6.07) is 3.24. The third-order valence-electron chi connectivity index (χ3n) is 2.58. The minimum atomic E-state index is -1.17. The predicted octanol–water partition coefficient (Wildman–Crippen LogP) is 1.30. The van der Waals surface area contributed by atoms with Gasteiger partial charge in [-0.05, 0) is 24.1 Å². The fraction of sp³-hybridized carbons (Fsp3) is 0.308. The molecule has 0 unspecified atom stereocenters. The SMILES string of the molecule is CC(C)[C@@H](OC(=O)c1ccc(Cl)cc1N)C(=O)NC(N)=O. The van der Waals surface area contributed by atoms with Gasteiger partial charge in [-0.3, -0.25) is 10.1 Å². The Kier molecular flexibility index (Phi) is 5.54. The lowest BCUT2D eigenvalue weighted by atomic mass is 10.1. The molecule has 7 nitrogen and oxygen atoms in total. The highest BCUT2D eigenvalue weighted by atomic mass is 35.5.